The van der Waals surface area contributed by atoms with Crippen molar-refractivity contribution in [2.24, 2.45) is 0 Å². The molecule has 0 aliphatic heterocycles. The number of aromatic amines is 1. The standard InChI is InChI=1S/C8H10N2O/c9-6-3-7(5-1-2-5)10-8(11)4-6/h3-5H,1-2H2,(H3,9,10,11). The van der Waals surface area contributed by atoms with Gasteiger partial charge >= 0.3 is 0 Å². The summed E-state index contributed by atoms with van der Waals surface area (Å²) in [5, 5.41) is 0. The first kappa shape index (κ1) is 6.46. The van der Waals surface area contributed by atoms with Gasteiger partial charge in [-0.2, -0.15) is 0 Å². The lowest BCUT2D eigenvalue weighted by Crippen LogP contribution is -2.08. The molecule has 3 heteroatoms. The van der Waals surface area contributed by atoms with E-state index in [0.29, 0.717) is 11.6 Å². The summed E-state index contributed by atoms with van der Waals surface area (Å²) in [5.41, 5.74) is 6.97. The van der Waals surface area contributed by atoms with E-state index < -0.39 is 0 Å². The van der Waals surface area contributed by atoms with Crippen LogP contribution >= 0.6 is 0 Å². The molecule has 11 heavy (non-hydrogen) atoms. The summed E-state index contributed by atoms with van der Waals surface area (Å²) in [6.07, 6.45) is 2.36. The first-order valence-corrected chi connectivity index (χ1v) is 3.75. The normalized spacial score (nSPS) is 16.7. The van der Waals surface area contributed by atoms with E-state index >= 15 is 0 Å². The van der Waals surface area contributed by atoms with Crippen molar-refractivity contribution in [2.45, 2.75) is 18.8 Å². The van der Waals surface area contributed by atoms with Crippen LogP contribution in [0.3, 0.4) is 0 Å². The molecule has 0 amide bonds. The highest BCUT2D eigenvalue weighted by Crippen LogP contribution is 2.38. The Balaban J connectivity index is 2.47. The molecule has 0 saturated heterocycles. The summed E-state index contributed by atoms with van der Waals surface area (Å²) in [4.78, 5) is 13.7. The van der Waals surface area contributed by atoms with E-state index in [4.69, 9.17) is 5.73 Å². The van der Waals surface area contributed by atoms with Gasteiger partial charge in [-0.1, -0.05) is 0 Å². The molecule has 0 spiro atoms. The summed E-state index contributed by atoms with van der Waals surface area (Å²) >= 11 is 0. The van der Waals surface area contributed by atoms with Gasteiger partial charge in [0.1, 0.15) is 0 Å². The molecule has 1 saturated carbocycles. The van der Waals surface area contributed by atoms with E-state index in [-0.39, 0.29) is 5.56 Å². The van der Waals surface area contributed by atoms with Crippen LogP contribution in [0.15, 0.2) is 16.9 Å². The van der Waals surface area contributed by atoms with Gasteiger partial charge in [0.05, 0.1) is 0 Å². The van der Waals surface area contributed by atoms with Crippen LogP contribution in [-0.2, 0) is 0 Å². The third-order valence-electron chi connectivity index (χ3n) is 1.90. The van der Waals surface area contributed by atoms with Crippen LogP contribution in [0.1, 0.15) is 24.5 Å². The minimum Gasteiger partial charge on any atom is -0.399 e. The van der Waals surface area contributed by atoms with Gasteiger partial charge < -0.3 is 10.7 Å². The predicted octanol–water partition coefficient (Wildman–Crippen LogP) is 0.835. The highest BCUT2D eigenvalue weighted by atomic mass is 16.1. The highest BCUT2D eigenvalue weighted by Gasteiger charge is 2.24. The molecule has 0 unspecified atom stereocenters. The third-order valence-corrected chi connectivity index (χ3v) is 1.90. The maximum atomic E-state index is 10.9. The van der Waals surface area contributed by atoms with Gasteiger partial charge in [-0.25, -0.2) is 0 Å². The van der Waals surface area contributed by atoms with Gasteiger partial charge in [-0.05, 0) is 24.8 Å². The van der Waals surface area contributed by atoms with Crippen molar-refractivity contribution in [3.05, 3.63) is 28.2 Å². The summed E-state index contributed by atoms with van der Waals surface area (Å²) < 4.78 is 0. The molecule has 1 heterocycles. The van der Waals surface area contributed by atoms with E-state index in [9.17, 15) is 4.79 Å². The maximum Gasteiger partial charge on any atom is 0.250 e. The number of rotatable bonds is 1. The Bertz CT molecular complexity index is 325. The van der Waals surface area contributed by atoms with Crippen LogP contribution in [0, 0.1) is 0 Å². The average Bonchev–Trinajstić information content (AvgIpc) is 2.64. The van der Waals surface area contributed by atoms with Gasteiger partial charge in [-0.3, -0.25) is 4.79 Å². The van der Waals surface area contributed by atoms with Crippen molar-refractivity contribution >= 4 is 5.69 Å². The molecule has 2 rings (SSSR count). The van der Waals surface area contributed by atoms with Crippen molar-refractivity contribution in [2.75, 3.05) is 5.73 Å². The van der Waals surface area contributed by atoms with Crippen LogP contribution in [0.4, 0.5) is 5.69 Å². The molecule has 3 nitrogen and oxygen atoms in total. The minimum atomic E-state index is -0.0908. The van der Waals surface area contributed by atoms with Crippen molar-refractivity contribution in [3.63, 3.8) is 0 Å². The number of H-pyrrole nitrogens is 1. The number of aromatic nitrogens is 1. The molecule has 0 bridgehead atoms. The zero-order chi connectivity index (χ0) is 7.84. The molecular formula is C8H10N2O. The second kappa shape index (κ2) is 2.12. The smallest absolute Gasteiger partial charge is 0.250 e. The molecule has 1 aromatic heterocycles. The van der Waals surface area contributed by atoms with Crippen molar-refractivity contribution in [1.82, 2.24) is 4.98 Å². The topological polar surface area (TPSA) is 58.9 Å². The second-order valence-corrected chi connectivity index (χ2v) is 3.01. The number of nitrogens with two attached hydrogens (primary N) is 1. The first-order valence-electron chi connectivity index (χ1n) is 3.75. The first-order chi connectivity index (χ1) is 5.25. The number of nitrogen functional groups attached to an aromatic ring is 1. The van der Waals surface area contributed by atoms with Crippen LogP contribution < -0.4 is 11.3 Å². The molecule has 1 aliphatic carbocycles. The lowest BCUT2D eigenvalue weighted by atomic mass is 10.2. The quantitative estimate of drug-likeness (QED) is 0.623. The van der Waals surface area contributed by atoms with E-state index in [1.807, 2.05) is 6.07 Å². The molecule has 1 fully saturated rings. The summed E-state index contributed by atoms with van der Waals surface area (Å²) in [6, 6.07) is 3.25. The number of hydrogen-bond acceptors (Lipinski definition) is 2. The van der Waals surface area contributed by atoms with Gasteiger partial charge in [0.2, 0.25) is 5.56 Å². The fourth-order valence-electron chi connectivity index (χ4n) is 1.20. The predicted molar refractivity (Wildman–Crippen MR) is 43.5 cm³/mol. The Hall–Kier alpha value is -1.25. The fraction of sp³-hybridized carbons (Fsp3) is 0.375. The zero-order valence-electron chi connectivity index (χ0n) is 6.13. The fourth-order valence-corrected chi connectivity index (χ4v) is 1.20. The van der Waals surface area contributed by atoms with Crippen LogP contribution in [0.2, 0.25) is 0 Å². The molecule has 0 radical (unpaired) electrons. The Morgan fingerprint density at radius 1 is 1.45 bits per heavy atom. The molecule has 0 atom stereocenters. The molecule has 58 valence electrons. The van der Waals surface area contributed by atoms with Gasteiger partial charge in [0.15, 0.2) is 0 Å². The van der Waals surface area contributed by atoms with Gasteiger partial charge in [0, 0.05) is 17.4 Å². The highest BCUT2D eigenvalue weighted by molar-refractivity contribution is 5.39. The second-order valence-electron chi connectivity index (χ2n) is 3.01. The molecule has 1 aromatic rings. The van der Waals surface area contributed by atoms with Crippen molar-refractivity contribution in [1.29, 1.82) is 0 Å². The van der Waals surface area contributed by atoms with E-state index in [0.717, 1.165) is 5.69 Å². The molecule has 1 aliphatic rings. The Kier molecular flexibility index (Phi) is 1.24. The lowest BCUT2D eigenvalue weighted by Gasteiger charge is -1.97. The molecular weight excluding hydrogens is 140 g/mol. The maximum absolute atomic E-state index is 10.9. The van der Waals surface area contributed by atoms with Crippen molar-refractivity contribution < 1.29 is 0 Å². The summed E-state index contributed by atoms with van der Waals surface area (Å²) in [6.45, 7) is 0. The largest absolute Gasteiger partial charge is 0.399 e. The lowest BCUT2D eigenvalue weighted by molar-refractivity contribution is 1.00. The van der Waals surface area contributed by atoms with E-state index in [2.05, 4.69) is 4.98 Å². The van der Waals surface area contributed by atoms with Crippen LogP contribution in [-0.4, -0.2) is 4.98 Å². The SMILES string of the molecule is Nc1cc(C2CC2)[nH]c(=O)c1. The zero-order valence-corrected chi connectivity index (χ0v) is 6.13. The Labute approximate surface area is 64.2 Å². The summed E-state index contributed by atoms with van der Waals surface area (Å²) in [5.74, 6) is 0.561. The Morgan fingerprint density at radius 3 is 2.73 bits per heavy atom. The molecule has 0 aromatic carbocycles. The van der Waals surface area contributed by atoms with Gasteiger partial charge in [0.25, 0.3) is 0 Å². The van der Waals surface area contributed by atoms with E-state index in [1.165, 1.54) is 18.9 Å². The average molecular weight is 150 g/mol. The van der Waals surface area contributed by atoms with Crippen LogP contribution in [0.25, 0.3) is 0 Å². The van der Waals surface area contributed by atoms with Gasteiger partial charge in [-0.15, -0.1) is 0 Å². The third kappa shape index (κ3) is 1.27. The minimum absolute atomic E-state index is 0.0908. The van der Waals surface area contributed by atoms with Crippen LogP contribution in [0.5, 0.6) is 0 Å². The monoisotopic (exact) mass is 150 g/mol. The number of hydrogen-bond donors (Lipinski definition) is 2. The number of nitrogens with one attached hydrogen (secondary N) is 1. The number of pyridine rings is 1. The Morgan fingerprint density at radius 2 is 2.18 bits per heavy atom. The van der Waals surface area contributed by atoms with Crippen molar-refractivity contribution in [3.8, 4) is 0 Å². The van der Waals surface area contributed by atoms with E-state index in [1.54, 1.807) is 0 Å². The summed E-state index contributed by atoms with van der Waals surface area (Å²) in [7, 11) is 0. The number of anilines is 1. The molecule has 3 N–H and O–H groups in total.